The maximum absolute atomic E-state index is 13.7. The van der Waals surface area contributed by atoms with Crippen molar-refractivity contribution in [1.82, 2.24) is 14.5 Å². The monoisotopic (exact) mass is 400 g/mol. The number of fused-ring (bicyclic) bond motifs is 1. The second-order valence-electron chi connectivity index (χ2n) is 7.52. The summed E-state index contributed by atoms with van der Waals surface area (Å²) in [6.07, 6.45) is 0. The first kappa shape index (κ1) is 20.9. The molecule has 1 heterocycles. The van der Waals surface area contributed by atoms with E-state index in [1.807, 2.05) is 32.9 Å². The summed E-state index contributed by atoms with van der Waals surface area (Å²) in [5.74, 6) is 0.0355. The first-order valence-electron chi connectivity index (χ1n) is 9.52. The highest BCUT2D eigenvalue weighted by atomic mass is 19.3. The smallest absolute Gasteiger partial charge is 0.320 e. The number of carbonyl (C=O) groups excluding carboxylic acids is 1. The summed E-state index contributed by atoms with van der Waals surface area (Å²) in [5.41, 5.74) is 4.81. The van der Waals surface area contributed by atoms with Crippen molar-refractivity contribution in [2.24, 2.45) is 0 Å². The molecule has 0 aliphatic heterocycles. The molecule has 0 spiro atoms. The Morgan fingerprint density at radius 2 is 1.79 bits per heavy atom. The maximum Gasteiger partial charge on any atom is 0.320 e. The predicted molar refractivity (Wildman–Crippen MR) is 111 cm³/mol. The molecule has 1 amide bonds. The van der Waals surface area contributed by atoms with E-state index in [0.29, 0.717) is 11.0 Å². The largest absolute Gasteiger partial charge is 0.324 e. The van der Waals surface area contributed by atoms with Gasteiger partial charge in [-0.2, -0.15) is 8.78 Å². The minimum Gasteiger partial charge on any atom is -0.324 e. The predicted octanol–water partition coefficient (Wildman–Crippen LogP) is 4.99. The van der Waals surface area contributed by atoms with Crippen LogP contribution in [0.5, 0.6) is 0 Å². The highest BCUT2D eigenvalue weighted by molar-refractivity contribution is 5.93. The number of anilines is 1. The normalized spacial score (nSPS) is 12.7. The number of alkyl halides is 2. The van der Waals surface area contributed by atoms with Crippen LogP contribution in [0.4, 0.5) is 14.5 Å². The van der Waals surface area contributed by atoms with Crippen molar-refractivity contribution in [3.63, 3.8) is 0 Å². The average molecular weight is 400 g/mol. The molecule has 5 nitrogen and oxygen atoms in total. The van der Waals surface area contributed by atoms with E-state index in [0.717, 1.165) is 26.9 Å². The zero-order chi connectivity index (χ0) is 21.3. The van der Waals surface area contributed by atoms with Crippen LogP contribution in [0.25, 0.3) is 11.0 Å². The molecular formula is C22H26F2N4O. The topological polar surface area (TPSA) is 50.2 Å². The van der Waals surface area contributed by atoms with E-state index in [1.54, 1.807) is 43.1 Å². The van der Waals surface area contributed by atoms with Gasteiger partial charge in [-0.1, -0.05) is 29.8 Å². The molecule has 0 radical (unpaired) electrons. The van der Waals surface area contributed by atoms with Crippen molar-refractivity contribution in [1.29, 1.82) is 0 Å². The SMILES string of the molecule is Cc1cc(C)c(NC(=O)CN(C)C(C)c2nc3ccccc3n2C(F)F)c(C)c1. The van der Waals surface area contributed by atoms with Gasteiger partial charge in [0.1, 0.15) is 5.82 Å². The minimum absolute atomic E-state index is 0.0559. The number of nitrogens with zero attached hydrogens (tertiary/aromatic N) is 3. The lowest BCUT2D eigenvalue weighted by molar-refractivity contribution is -0.117. The summed E-state index contributed by atoms with van der Waals surface area (Å²) >= 11 is 0. The molecule has 0 aliphatic carbocycles. The Morgan fingerprint density at radius 3 is 2.41 bits per heavy atom. The molecule has 0 aliphatic rings. The molecule has 1 atom stereocenters. The molecule has 1 N–H and O–H groups in total. The quantitative estimate of drug-likeness (QED) is 0.634. The zero-order valence-corrected chi connectivity index (χ0v) is 17.3. The standard InChI is InChI=1S/C22H26F2N4O/c1-13-10-14(2)20(15(3)11-13)26-19(29)12-27(5)16(4)21-25-17-8-6-7-9-18(17)28(21)22(23)24/h6-11,16,22H,12H2,1-5H3,(H,26,29). The van der Waals surface area contributed by atoms with E-state index in [1.165, 1.54) is 0 Å². The molecule has 29 heavy (non-hydrogen) atoms. The third kappa shape index (κ3) is 4.29. The van der Waals surface area contributed by atoms with E-state index in [4.69, 9.17) is 0 Å². The Labute approximate surface area is 169 Å². The lowest BCUT2D eigenvalue weighted by Gasteiger charge is -2.25. The Bertz CT molecular complexity index is 1020. The third-order valence-corrected chi connectivity index (χ3v) is 5.19. The number of hydrogen-bond donors (Lipinski definition) is 1. The number of likely N-dealkylation sites (N-methyl/N-ethyl adjacent to an activating group) is 1. The van der Waals surface area contributed by atoms with Gasteiger partial charge in [0.05, 0.1) is 23.6 Å². The van der Waals surface area contributed by atoms with Gasteiger partial charge < -0.3 is 5.32 Å². The lowest BCUT2D eigenvalue weighted by atomic mass is 10.1. The Hall–Kier alpha value is -2.80. The molecule has 3 aromatic rings. The molecule has 0 saturated carbocycles. The van der Waals surface area contributed by atoms with Crippen LogP contribution in [0.15, 0.2) is 36.4 Å². The number of hydrogen-bond acceptors (Lipinski definition) is 3. The molecule has 1 aromatic heterocycles. The van der Waals surface area contributed by atoms with Gasteiger partial charge in [-0.15, -0.1) is 0 Å². The highest BCUT2D eigenvalue weighted by Gasteiger charge is 2.25. The van der Waals surface area contributed by atoms with Crippen molar-refractivity contribution in [3.05, 3.63) is 58.9 Å². The van der Waals surface area contributed by atoms with E-state index in [9.17, 15) is 13.6 Å². The molecule has 1 unspecified atom stereocenters. The molecule has 3 rings (SSSR count). The number of nitrogens with one attached hydrogen (secondary N) is 1. The maximum atomic E-state index is 13.7. The summed E-state index contributed by atoms with van der Waals surface area (Å²) in [6.45, 7) is 5.03. The molecule has 154 valence electrons. The van der Waals surface area contributed by atoms with Crippen LogP contribution in [-0.4, -0.2) is 34.0 Å². The third-order valence-electron chi connectivity index (χ3n) is 5.19. The van der Waals surface area contributed by atoms with Gasteiger partial charge in [-0.05, 0) is 58.0 Å². The van der Waals surface area contributed by atoms with Crippen LogP contribution in [0.3, 0.4) is 0 Å². The molecule has 0 bridgehead atoms. The molecule has 0 fully saturated rings. The first-order valence-corrected chi connectivity index (χ1v) is 9.52. The summed E-state index contributed by atoms with van der Waals surface area (Å²) in [4.78, 5) is 18.7. The summed E-state index contributed by atoms with van der Waals surface area (Å²) in [6, 6.07) is 10.4. The van der Waals surface area contributed by atoms with Crippen molar-refractivity contribution in [2.45, 2.75) is 40.3 Å². The van der Waals surface area contributed by atoms with Crippen LogP contribution in [0.2, 0.25) is 0 Å². The van der Waals surface area contributed by atoms with Crippen molar-refractivity contribution < 1.29 is 13.6 Å². The summed E-state index contributed by atoms with van der Waals surface area (Å²) in [5, 5.41) is 2.95. The number of aromatic nitrogens is 2. The number of carbonyl (C=O) groups is 1. The summed E-state index contributed by atoms with van der Waals surface area (Å²) < 4.78 is 28.4. The summed E-state index contributed by atoms with van der Waals surface area (Å²) in [7, 11) is 1.73. The van der Waals surface area contributed by atoms with Crippen LogP contribution < -0.4 is 5.32 Å². The van der Waals surface area contributed by atoms with Gasteiger partial charge in [0.25, 0.3) is 0 Å². The van der Waals surface area contributed by atoms with Crippen LogP contribution >= 0.6 is 0 Å². The van der Waals surface area contributed by atoms with Gasteiger partial charge in [0, 0.05) is 5.69 Å². The van der Waals surface area contributed by atoms with Gasteiger partial charge in [-0.3, -0.25) is 14.3 Å². The van der Waals surface area contributed by atoms with E-state index >= 15 is 0 Å². The number of aryl methyl sites for hydroxylation is 3. The van der Waals surface area contributed by atoms with Crippen LogP contribution in [0.1, 0.15) is 42.0 Å². The van der Waals surface area contributed by atoms with Crippen LogP contribution in [0, 0.1) is 20.8 Å². The Morgan fingerprint density at radius 1 is 1.17 bits per heavy atom. The molecule has 2 aromatic carbocycles. The Balaban J connectivity index is 1.79. The second kappa shape index (κ2) is 8.29. The van der Waals surface area contributed by atoms with Gasteiger partial charge in [0.2, 0.25) is 5.91 Å². The molecule has 0 saturated heterocycles. The second-order valence-corrected chi connectivity index (χ2v) is 7.52. The molecular weight excluding hydrogens is 374 g/mol. The van der Waals surface area contributed by atoms with E-state index < -0.39 is 12.6 Å². The number of amides is 1. The Kier molecular flexibility index (Phi) is 5.98. The fourth-order valence-corrected chi connectivity index (χ4v) is 3.68. The highest BCUT2D eigenvalue weighted by Crippen LogP contribution is 2.29. The van der Waals surface area contributed by atoms with E-state index in [-0.39, 0.29) is 18.3 Å². The first-order chi connectivity index (χ1) is 13.7. The van der Waals surface area contributed by atoms with Crippen molar-refractivity contribution in [2.75, 3.05) is 18.9 Å². The number of benzene rings is 2. The number of halogens is 2. The molecule has 7 heteroatoms. The number of imidazole rings is 1. The van der Waals surface area contributed by atoms with E-state index in [2.05, 4.69) is 10.3 Å². The number of para-hydroxylation sites is 2. The number of rotatable bonds is 6. The zero-order valence-electron chi connectivity index (χ0n) is 17.3. The fourth-order valence-electron chi connectivity index (χ4n) is 3.68. The lowest BCUT2D eigenvalue weighted by Crippen LogP contribution is -2.33. The van der Waals surface area contributed by atoms with Gasteiger partial charge in [0.15, 0.2) is 0 Å². The van der Waals surface area contributed by atoms with Gasteiger partial charge in [-0.25, -0.2) is 4.98 Å². The average Bonchev–Trinajstić information content (AvgIpc) is 3.03. The van der Waals surface area contributed by atoms with Crippen molar-refractivity contribution >= 4 is 22.6 Å². The van der Waals surface area contributed by atoms with Crippen LogP contribution in [-0.2, 0) is 4.79 Å². The minimum atomic E-state index is -2.71. The fraction of sp³-hybridized carbons (Fsp3) is 0.364. The van der Waals surface area contributed by atoms with Gasteiger partial charge >= 0.3 is 6.55 Å². The van der Waals surface area contributed by atoms with Crippen molar-refractivity contribution in [3.8, 4) is 0 Å².